The van der Waals surface area contributed by atoms with E-state index < -0.39 is 0 Å². The zero-order chi connectivity index (χ0) is 12.4. The van der Waals surface area contributed by atoms with E-state index in [9.17, 15) is 0 Å². The van der Waals surface area contributed by atoms with Crippen molar-refractivity contribution in [3.05, 3.63) is 54.7 Å². The smallest absolute Gasteiger partial charge is 0.213 e. The first-order valence-electron chi connectivity index (χ1n) is 5.73. The summed E-state index contributed by atoms with van der Waals surface area (Å²) in [6.45, 7) is 0. The topological polar surface area (TPSA) is 35.0 Å². The Kier molecular flexibility index (Phi) is 2.65. The number of aromatic nitrogens is 2. The van der Waals surface area contributed by atoms with Crippen molar-refractivity contribution in [2.75, 3.05) is 7.11 Å². The standard InChI is InChI=1S/C15H12N2O/c1-18-15-10-12(8-9-16-15)14-7-6-11-4-2-3-5-13(11)17-14/h2-10H,1H3. The normalized spacial score (nSPS) is 10.5. The molecule has 0 N–H and O–H groups in total. The van der Waals surface area contributed by atoms with Crippen molar-refractivity contribution in [3.8, 4) is 17.1 Å². The van der Waals surface area contributed by atoms with Gasteiger partial charge in [0.25, 0.3) is 0 Å². The van der Waals surface area contributed by atoms with E-state index in [1.54, 1.807) is 13.3 Å². The second-order valence-electron chi connectivity index (χ2n) is 3.98. The largest absolute Gasteiger partial charge is 0.481 e. The van der Waals surface area contributed by atoms with Crippen LogP contribution in [0.2, 0.25) is 0 Å². The maximum absolute atomic E-state index is 5.12. The molecule has 3 aromatic rings. The molecular formula is C15H12N2O. The molecule has 0 unspecified atom stereocenters. The van der Waals surface area contributed by atoms with Gasteiger partial charge < -0.3 is 4.74 Å². The molecule has 0 atom stereocenters. The fraction of sp³-hybridized carbons (Fsp3) is 0.0667. The van der Waals surface area contributed by atoms with Crippen LogP contribution in [-0.2, 0) is 0 Å². The summed E-state index contributed by atoms with van der Waals surface area (Å²) >= 11 is 0. The quantitative estimate of drug-likeness (QED) is 0.684. The Hall–Kier alpha value is -2.42. The van der Waals surface area contributed by atoms with Crippen LogP contribution in [0.5, 0.6) is 5.88 Å². The Balaban J connectivity index is 2.13. The van der Waals surface area contributed by atoms with Crippen molar-refractivity contribution >= 4 is 10.9 Å². The average molecular weight is 236 g/mol. The Bertz CT molecular complexity index is 695. The summed E-state index contributed by atoms with van der Waals surface area (Å²) in [6.07, 6.45) is 1.73. The third-order valence-electron chi connectivity index (χ3n) is 2.84. The molecule has 0 bridgehead atoms. The second kappa shape index (κ2) is 4.45. The minimum absolute atomic E-state index is 0.599. The number of fused-ring (bicyclic) bond motifs is 1. The molecule has 2 aromatic heterocycles. The number of methoxy groups -OCH3 is 1. The monoisotopic (exact) mass is 236 g/mol. The summed E-state index contributed by atoms with van der Waals surface area (Å²) < 4.78 is 5.12. The Morgan fingerprint density at radius 3 is 2.78 bits per heavy atom. The van der Waals surface area contributed by atoms with Crippen LogP contribution in [0.1, 0.15) is 0 Å². The predicted molar refractivity (Wildman–Crippen MR) is 71.5 cm³/mol. The molecule has 0 spiro atoms. The molecular weight excluding hydrogens is 224 g/mol. The van der Waals surface area contributed by atoms with Gasteiger partial charge in [0.15, 0.2) is 0 Å². The minimum atomic E-state index is 0.599. The van der Waals surface area contributed by atoms with Gasteiger partial charge in [0, 0.05) is 23.2 Å². The van der Waals surface area contributed by atoms with Crippen molar-refractivity contribution in [1.29, 1.82) is 0 Å². The van der Waals surface area contributed by atoms with E-state index >= 15 is 0 Å². The van der Waals surface area contributed by atoms with Gasteiger partial charge in [-0.1, -0.05) is 24.3 Å². The number of rotatable bonds is 2. The number of pyridine rings is 2. The molecule has 2 heterocycles. The van der Waals surface area contributed by atoms with E-state index in [0.29, 0.717) is 5.88 Å². The van der Waals surface area contributed by atoms with Gasteiger partial charge in [0.1, 0.15) is 0 Å². The van der Waals surface area contributed by atoms with Crippen LogP contribution in [0.15, 0.2) is 54.7 Å². The molecule has 3 heteroatoms. The lowest BCUT2D eigenvalue weighted by atomic mass is 10.1. The van der Waals surface area contributed by atoms with E-state index in [1.165, 1.54) is 0 Å². The molecule has 0 aliphatic heterocycles. The maximum atomic E-state index is 5.12. The molecule has 0 aliphatic carbocycles. The lowest BCUT2D eigenvalue weighted by molar-refractivity contribution is 0.398. The van der Waals surface area contributed by atoms with Gasteiger partial charge in [-0.15, -0.1) is 0 Å². The molecule has 3 nitrogen and oxygen atoms in total. The first-order chi connectivity index (χ1) is 8.86. The van der Waals surface area contributed by atoms with E-state index in [1.807, 2.05) is 36.4 Å². The Morgan fingerprint density at radius 1 is 1.00 bits per heavy atom. The van der Waals surface area contributed by atoms with Crippen LogP contribution in [0, 0.1) is 0 Å². The van der Waals surface area contributed by atoms with Crippen molar-refractivity contribution in [1.82, 2.24) is 9.97 Å². The molecule has 0 saturated carbocycles. The van der Waals surface area contributed by atoms with Crippen molar-refractivity contribution in [2.24, 2.45) is 0 Å². The predicted octanol–water partition coefficient (Wildman–Crippen LogP) is 3.31. The molecule has 0 aliphatic rings. The summed E-state index contributed by atoms with van der Waals surface area (Å²) in [5, 5.41) is 1.14. The number of nitrogens with zero attached hydrogens (tertiary/aromatic N) is 2. The third-order valence-corrected chi connectivity index (χ3v) is 2.84. The van der Waals surface area contributed by atoms with Crippen LogP contribution in [0.25, 0.3) is 22.2 Å². The maximum Gasteiger partial charge on any atom is 0.213 e. The van der Waals surface area contributed by atoms with Gasteiger partial charge in [0.2, 0.25) is 5.88 Å². The molecule has 0 radical (unpaired) electrons. The van der Waals surface area contributed by atoms with Gasteiger partial charge in [-0.3, -0.25) is 0 Å². The highest BCUT2D eigenvalue weighted by Crippen LogP contribution is 2.22. The number of hydrogen-bond donors (Lipinski definition) is 0. The molecule has 88 valence electrons. The van der Waals surface area contributed by atoms with Crippen molar-refractivity contribution < 1.29 is 4.74 Å². The summed E-state index contributed by atoms with van der Waals surface area (Å²) in [5.41, 5.74) is 2.92. The minimum Gasteiger partial charge on any atom is -0.481 e. The van der Waals surface area contributed by atoms with E-state index in [2.05, 4.69) is 22.1 Å². The zero-order valence-corrected chi connectivity index (χ0v) is 10.00. The molecule has 0 fully saturated rings. The van der Waals surface area contributed by atoms with Crippen molar-refractivity contribution in [2.45, 2.75) is 0 Å². The SMILES string of the molecule is COc1cc(-c2ccc3ccccc3n2)ccn1. The fourth-order valence-electron chi connectivity index (χ4n) is 1.91. The average Bonchev–Trinajstić information content (AvgIpc) is 2.47. The van der Waals surface area contributed by atoms with Crippen LogP contribution >= 0.6 is 0 Å². The van der Waals surface area contributed by atoms with Gasteiger partial charge in [-0.05, 0) is 18.2 Å². The molecule has 3 rings (SSSR count). The highest BCUT2D eigenvalue weighted by atomic mass is 16.5. The zero-order valence-electron chi connectivity index (χ0n) is 10.00. The van der Waals surface area contributed by atoms with E-state index in [4.69, 9.17) is 4.74 Å². The van der Waals surface area contributed by atoms with E-state index in [-0.39, 0.29) is 0 Å². The number of ether oxygens (including phenoxy) is 1. The summed E-state index contributed by atoms with van der Waals surface area (Å²) in [7, 11) is 1.61. The lowest BCUT2D eigenvalue weighted by Crippen LogP contribution is -1.89. The fourth-order valence-corrected chi connectivity index (χ4v) is 1.91. The Labute approximate surface area is 105 Å². The molecule has 1 aromatic carbocycles. The number of benzene rings is 1. The molecule has 0 saturated heterocycles. The lowest BCUT2D eigenvalue weighted by Gasteiger charge is -2.04. The highest BCUT2D eigenvalue weighted by Gasteiger charge is 2.03. The van der Waals surface area contributed by atoms with Gasteiger partial charge in [-0.2, -0.15) is 0 Å². The summed E-state index contributed by atoms with van der Waals surface area (Å²) in [6, 6.07) is 16.0. The number of hydrogen-bond acceptors (Lipinski definition) is 3. The Morgan fingerprint density at radius 2 is 1.89 bits per heavy atom. The van der Waals surface area contributed by atoms with E-state index in [0.717, 1.165) is 22.2 Å². The molecule has 18 heavy (non-hydrogen) atoms. The van der Waals surface area contributed by atoms with Crippen LogP contribution in [0.3, 0.4) is 0 Å². The number of para-hydroxylation sites is 1. The van der Waals surface area contributed by atoms with Crippen LogP contribution in [-0.4, -0.2) is 17.1 Å². The summed E-state index contributed by atoms with van der Waals surface area (Å²) in [4.78, 5) is 8.73. The van der Waals surface area contributed by atoms with Crippen LogP contribution in [0.4, 0.5) is 0 Å². The summed E-state index contributed by atoms with van der Waals surface area (Å²) in [5.74, 6) is 0.599. The highest BCUT2D eigenvalue weighted by molar-refractivity contribution is 5.81. The van der Waals surface area contributed by atoms with Crippen LogP contribution < -0.4 is 4.74 Å². The van der Waals surface area contributed by atoms with Crippen molar-refractivity contribution in [3.63, 3.8) is 0 Å². The van der Waals surface area contributed by atoms with Gasteiger partial charge >= 0.3 is 0 Å². The molecule has 0 amide bonds. The first kappa shape index (κ1) is 10.7. The van der Waals surface area contributed by atoms with Gasteiger partial charge in [0.05, 0.1) is 18.3 Å². The third kappa shape index (κ3) is 1.91. The van der Waals surface area contributed by atoms with Gasteiger partial charge in [-0.25, -0.2) is 9.97 Å². The second-order valence-corrected chi connectivity index (χ2v) is 3.98. The first-order valence-corrected chi connectivity index (χ1v) is 5.73.